The summed E-state index contributed by atoms with van der Waals surface area (Å²) in [7, 11) is 1.42. The lowest BCUT2D eigenvalue weighted by Gasteiger charge is -2.02. The van der Waals surface area contributed by atoms with Gasteiger partial charge in [0.1, 0.15) is 11.8 Å². The van der Waals surface area contributed by atoms with Crippen molar-refractivity contribution < 1.29 is 19.2 Å². The zero-order valence-electron chi connectivity index (χ0n) is 10.7. The Labute approximate surface area is 108 Å². The topological polar surface area (TPSA) is 104 Å². The van der Waals surface area contributed by atoms with E-state index < -0.39 is 16.7 Å². The number of Topliss-reactive ketones (excluding diaryl/α,β-unsaturated/α-hetero) is 1. The lowest BCUT2D eigenvalue weighted by atomic mass is 10.1. The minimum absolute atomic E-state index is 0.129. The molecular formula is C11H13N3O5. The van der Waals surface area contributed by atoms with E-state index in [0.717, 1.165) is 6.20 Å². The summed E-state index contributed by atoms with van der Waals surface area (Å²) in [5, 5.41) is 10.7. The van der Waals surface area contributed by atoms with Gasteiger partial charge in [0.15, 0.2) is 5.78 Å². The van der Waals surface area contributed by atoms with Crippen molar-refractivity contribution >= 4 is 23.6 Å². The first kappa shape index (κ1) is 14.6. The lowest BCUT2D eigenvalue weighted by Crippen LogP contribution is -2.14. The molecule has 0 aliphatic carbocycles. The number of ketones is 1. The first-order valence-electron chi connectivity index (χ1n) is 5.44. The van der Waals surface area contributed by atoms with Gasteiger partial charge in [-0.2, -0.15) is 0 Å². The molecule has 0 aromatic carbocycles. The van der Waals surface area contributed by atoms with Crippen molar-refractivity contribution in [1.29, 1.82) is 0 Å². The van der Waals surface area contributed by atoms with Crippen LogP contribution >= 0.6 is 0 Å². The third-order valence-corrected chi connectivity index (χ3v) is 2.33. The molecule has 1 heterocycles. The molecule has 19 heavy (non-hydrogen) atoms. The molecule has 0 spiro atoms. The van der Waals surface area contributed by atoms with Gasteiger partial charge in [0.25, 0.3) is 0 Å². The first-order valence-corrected chi connectivity index (χ1v) is 5.44. The molecule has 0 fully saturated rings. The summed E-state index contributed by atoms with van der Waals surface area (Å²) in [4.78, 5) is 36.8. The maximum absolute atomic E-state index is 11.6. The average Bonchev–Trinajstić information content (AvgIpc) is 2.67. The number of hydrogen-bond acceptors (Lipinski definition) is 6. The van der Waals surface area contributed by atoms with Crippen LogP contribution < -0.4 is 0 Å². The van der Waals surface area contributed by atoms with Gasteiger partial charge in [-0.05, 0) is 18.8 Å². The van der Waals surface area contributed by atoms with Crippen LogP contribution in [0.1, 0.15) is 19.7 Å². The monoisotopic (exact) mass is 267 g/mol. The van der Waals surface area contributed by atoms with Crippen molar-refractivity contribution in [3.63, 3.8) is 0 Å². The van der Waals surface area contributed by atoms with Crippen molar-refractivity contribution in [2.75, 3.05) is 6.61 Å². The molecule has 0 saturated heterocycles. The molecular weight excluding hydrogens is 254 g/mol. The number of aromatic nitrogens is 2. The Morgan fingerprint density at radius 3 is 2.63 bits per heavy atom. The Balaban J connectivity index is 3.20. The molecule has 0 radical (unpaired) electrons. The molecule has 1 aromatic rings. The maximum Gasteiger partial charge on any atom is 0.342 e. The third-order valence-electron chi connectivity index (χ3n) is 2.33. The van der Waals surface area contributed by atoms with Crippen molar-refractivity contribution in [2.45, 2.75) is 13.8 Å². The number of nitro groups is 1. The number of nitrogens with zero attached hydrogens (tertiary/aromatic N) is 3. The molecule has 0 saturated carbocycles. The molecule has 0 unspecified atom stereocenters. The van der Waals surface area contributed by atoms with E-state index in [0.29, 0.717) is 0 Å². The van der Waals surface area contributed by atoms with Crippen LogP contribution in [-0.4, -0.2) is 32.8 Å². The largest absolute Gasteiger partial charge is 0.462 e. The fraction of sp³-hybridized carbons (Fsp3) is 0.364. The Kier molecular flexibility index (Phi) is 4.51. The van der Waals surface area contributed by atoms with Crippen LogP contribution in [0.25, 0.3) is 6.08 Å². The Morgan fingerprint density at radius 1 is 1.58 bits per heavy atom. The van der Waals surface area contributed by atoms with E-state index in [4.69, 9.17) is 4.74 Å². The second-order valence-electron chi connectivity index (χ2n) is 3.63. The minimum Gasteiger partial charge on any atom is -0.462 e. The number of rotatable bonds is 5. The molecule has 102 valence electrons. The van der Waals surface area contributed by atoms with E-state index >= 15 is 0 Å². The number of imidazole rings is 1. The lowest BCUT2D eigenvalue weighted by molar-refractivity contribution is -0.391. The Bertz CT molecular complexity index is 559. The second-order valence-corrected chi connectivity index (χ2v) is 3.63. The molecule has 0 aliphatic rings. The Hall–Kier alpha value is -2.51. The molecule has 1 aromatic heterocycles. The zero-order chi connectivity index (χ0) is 14.6. The molecule has 8 nitrogen and oxygen atoms in total. The van der Waals surface area contributed by atoms with Crippen LogP contribution in [-0.2, 0) is 21.4 Å². The number of esters is 1. The van der Waals surface area contributed by atoms with Gasteiger partial charge in [-0.3, -0.25) is 4.79 Å². The predicted octanol–water partition coefficient (Wildman–Crippen LogP) is 0.864. The van der Waals surface area contributed by atoms with Crippen LogP contribution in [0, 0.1) is 10.1 Å². The summed E-state index contributed by atoms with van der Waals surface area (Å²) in [5.41, 5.74) is -0.203. The van der Waals surface area contributed by atoms with Crippen LogP contribution in [0.4, 0.5) is 5.82 Å². The quantitative estimate of drug-likeness (QED) is 0.196. The molecule has 1 rings (SSSR count). The molecule has 0 N–H and O–H groups in total. The van der Waals surface area contributed by atoms with Crippen molar-refractivity contribution in [2.24, 2.45) is 7.05 Å². The summed E-state index contributed by atoms with van der Waals surface area (Å²) in [5.74, 6) is -1.38. The van der Waals surface area contributed by atoms with Gasteiger partial charge in [-0.15, -0.1) is 0 Å². The molecule has 0 aliphatic heterocycles. The van der Waals surface area contributed by atoms with Crippen molar-refractivity contribution in [3.05, 3.63) is 27.7 Å². The van der Waals surface area contributed by atoms with Crippen molar-refractivity contribution in [1.82, 2.24) is 9.55 Å². The van der Waals surface area contributed by atoms with Gasteiger partial charge in [0.05, 0.1) is 13.7 Å². The predicted molar refractivity (Wildman–Crippen MR) is 65.2 cm³/mol. The third kappa shape index (κ3) is 3.24. The molecule has 0 amide bonds. The highest BCUT2D eigenvalue weighted by Gasteiger charge is 2.20. The fourth-order valence-electron chi connectivity index (χ4n) is 1.36. The zero-order valence-corrected chi connectivity index (χ0v) is 10.7. The fourth-order valence-corrected chi connectivity index (χ4v) is 1.36. The molecule has 0 bridgehead atoms. The molecule has 8 heteroatoms. The highest BCUT2D eigenvalue weighted by Crippen LogP contribution is 2.15. The second kappa shape index (κ2) is 5.89. The van der Waals surface area contributed by atoms with E-state index in [1.165, 1.54) is 24.6 Å². The van der Waals surface area contributed by atoms with Gasteiger partial charge < -0.3 is 14.9 Å². The normalized spacial score (nSPS) is 11.2. The van der Waals surface area contributed by atoms with Crippen LogP contribution in [0.2, 0.25) is 0 Å². The maximum atomic E-state index is 11.6. The summed E-state index contributed by atoms with van der Waals surface area (Å²) in [6.45, 7) is 2.95. The number of ether oxygens (including phenoxy) is 1. The van der Waals surface area contributed by atoms with Gasteiger partial charge in [0, 0.05) is 6.08 Å². The van der Waals surface area contributed by atoms with Crippen molar-refractivity contribution in [3.8, 4) is 0 Å². The van der Waals surface area contributed by atoms with Crippen LogP contribution in [0.3, 0.4) is 0 Å². The number of carbonyl (C=O) groups is 2. The summed E-state index contributed by atoms with van der Waals surface area (Å²) in [6, 6.07) is 0. The van der Waals surface area contributed by atoms with Gasteiger partial charge in [-0.1, -0.05) is 0 Å². The van der Waals surface area contributed by atoms with Crippen LogP contribution in [0.5, 0.6) is 0 Å². The molecule has 0 atom stereocenters. The van der Waals surface area contributed by atoms with E-state index in [1.54, 1.807) is 6.92 Å². The highest BCUT2D eigenvalue weighted by molar-refractivity contribution is 6.19. The van der Waals surface area contributed by atoms with E-state index in [-0.39, 0.29) is 23.8 Å². The average molecular weight is 267 g/mol. The van der Waals surface area contributed by atoms with E-state index in [2.05, 4.69) is 4.98 Å². The summed E-state index contributed by atoms with van der Waals surface area (Å²) in [6.07, 6.45) is 2.22. The highest BCUT2D eigenvalue weighted by atomic mass is 16.6. The van der Waals surface area contributed by atoms with Gasteiger partial charge >= 0.3 is 11.8 Å². The van der Waals surface area contributed by atoms with Crippen LogP contribution in [0.15, 0.2) is 11.8 Å². The summed E-state index contributed by atoms with van der Waals surface area (Å²) >= 11 is 0. The summed E-state index contributed by atoms with van der Waals surface area (Å²) < 4.78 is 5.90. The number of hydrogen-bond donors (Lipinski definition) is 0. The van der Waals surface area contributed by atoms with E-state index in [1.807, 2.05) is 0 Å². The first-order chi connectivity index (χ1) is 8.88. The minimum atomic E-state index is -0.777. The standard InChI is InChI=1S/C11H13N3O5/c1-4-19-11(16)8(7(2)15)5-9-12-6-10(13(9)3)14(17)18/h5-6H,4H2,1-3H3/b8-5-. The Morgan fingerprint density at radius 2 is 2.21 bits per heavy atom. The van der Waals surface area contributed by atoms with Gasteiger partial charge in [-0.25, -0.2) is 14.3 Å². The SMILES string of the molecule is CCOC(=O)/C(=C\c1ncc([N+](=O)[O-])n1C)C(C)=O. The number of carbonyl (C=O) groups excluding carboxylic acids is 2. The van der Waals surface area contributed by atoms with Gasteiger partial charge in [0.2, 0.25) is 5.82 Å². The van der Waals surface area contributed by atoms with E-state index in [9.17, 15) is 19.7 Å². The smallest absolute Gasteiger partial charge is 0.342 e.